The zero-order valence-electron chi connectivity index (χ0n) is 11.3. The Morgan fingerprint density at radius 2 is 2.05 bits per heavy atom. The monoisotopic (exact) mass is 271 g/mol. The molecule has 104 valence electrons. The number of ether oxygens (including phenoxy) is 1. The highest BCUT2D eigenvalue weighted by Gasteiger charge is 2.09. The minimum atomic E-state index is -0.00926. The van der Waals surface area contributed by atoms with Gasteiger partial charge in [0.15, 0.2) is 11.6 Å². The summed E-state index contributed by atoms with van der Waals surface area (Å²) < 4.78 is 5.73. The van der Waals surface area contributed by atoms with Crippen LogP contribution in [0.25, 0.3) is 0 Å². The molecule has 0 fully saturated rings. The van der Waals surface area contributed by atoms with Gasteiger partial charge < -0.3 is 15.7 Å². The van der Waals surface area contributed by atoms with Crippen molar-refractivity contribution in [1.29, 1.82) is 0 Å². The van der Waals surface area contributed by atoms with Crippen LogP contribution in [0.4, 0.5) is 0 Å². The molecule has 5 nitrogen and oxygen atoms in total. The second kappa shape index (κ2) is 6.56. The first kappa shape index (κ1) is 13.9. The maximum Gasteiger partial charge on any atom is 0.173 e. The molecule has 1 aromatic carbocycles. The van der Waals surface area contributed by atoms with Crippen LogP contribution in [0, 0.1) is 0 Å². The lowest BCUT2D eigenvalue weighted by Gasteiger charge is -2.10. The van der Waals surface area contributed by atoms with Gasteiger partial charge in [-0.2, -0.15) is 0 Å². The molecule has 0 atom stereocenters. The van der Waals surface area contributed by atoms with Gasteiger partial charge >= 0.3 is 0 Å². The average Bonchev–Trinajstić information content (AvgIpc) is 2.49. The average molecular weight is 271 g/mol. The highest BCUT2D eigenvalue weighted by Crippen LogP contribution is 2.24. The predicted octanol–water partition coefficient (Wildman–Crippen LogP) is 2.92. The molecule has 0 spiro atoms. The van der Waals surface area contributed by atoms with Crippen molar-refractivity contribution in [2.75, 3.05) is 0 Å². The van der Waals surface area contributed by atoms with Crippen LogP contribution in [-0.4, -0.2) is 16.0 Å². The van der Waals surface area contributed by atoms with E-state index >= 15 is 0 Å². The molecule has 20 heavy (non-hydrogen) atoms. The number of aryl methyl sites for hydroxylation is 1. The first-order valence-electron chi connectivity index (χ1n) is 6.43. The van der Waals surface area contributed by atoms with E-state index in [2.05, 4.69) is 17.1 Å². The summed E-state index contributed by atoms with van der Waals surface area (Å²) in [4.78, 5) is 3.99. The maximum atomic E-state index is 8.76. The molecular weight excluding hydrogens is 254 g/mol. The highest BCUT2D eigenvalue weighted by molar-refractivity contribution is 5.99. The lowest BCUT2D eigenvalue weighted by molar-refractivity contribution is 0.318. The fourth-order valence-corrected chi connectivity index (χ4v) is 1.87. The summed E-state index contributed by atoms with van der Waals surface area (Å²) in [5.74, 6) is 1.13. The van der Waals surface area contributed by atoms with E-state index in [1.54, 1.807) is 12.3 Å². The predicted molar refractivity (Wildman–Crippen MR) is 77.3 cm³/mol. The third-order valence-electron chi connectivity index (χ3n) is 2.86. The Labute approximate surface area is 117 Å². The van der Waals surface area contributed by atoms with Crippen molar-refractivity contribution in [3.63, 3.8) is 0 Å². The van der Waals surface area contributed by atoms with E-state index < -0.39 is 0 Å². The summed E-state index contributed by atoms with van der Waals surface area (Å²) >= 11 is 0. The van der Waals surface area contributed by atoms with E-state index in [9.17, 15) is 0 Å². The van der Waals surface area contributed by atoms with Crippen LogP contribution in [0.1, 0.15) is 24.5 Å². The van der Waals surface area contributed by atoms with Gasteiger partial charge in [0.25, 0.3) is 0 Å². The quantitative estimate of drug-likeness (QED) is 0.379. The molecule has 0 aliphatic carbocycles. The molecule has 0 unspecified atom stereocenters. The van der Waals surface area contributed by atoms with Crippen LogP contribution < -0.4 is 10.5 Å². The molecule has 3 N–H and O–H groups in total. The Balaban J connectivity index is 2.21. The largest absolute Gasteiger partial charge is 0.455 e. The Kier molecular flexibility index (Phi) is 4.55. The topological polar surface area (TPSA) is 80.7 Å². The van der Waals surface area contributed by atoms with Crippen LogP contribution >= 0.6 is 0 Å². The molecule has 1 heterocycles. The Morgan fingerprint density at radius 1 is 1.30 bits per heavy atom. The maximum absolute atomic E-state index is 8.76. The second-order valence-electron chi connectivity index (χ2n) is 4.35. The fraction of sp³-hybridized carbons (Fsp3) is 0.200. The van der Waals surface area contributed by atoms with Crippen molar-refractivity contribution in [3.05, 3.63) is 53.9 Å². The van der Waals surface area contributed by atoms with Crippen molar-refractivity contribution in [1.82, 2.24) is 4.98 Å². The normalized spacial score (nSPS) is 11.3. The van der Waals surface area contributed by atoms with E-state index in [-0.39, 0.29) is 5.84 Å². The third-order valence-corrected chi connectivity index (χ3v) is 2.86. The Hall–Kier alpha value is -2.56. The molecule has 0 aliphatic rings. The summed E-state index contributed by atoms with van der Waals surface area (Å²) in [5, 5.41) is 11.7. The third kappa shape index (κ3) is 3.26. The minimum absolute atomic E-state index is 0.00926. The number of hydrogen-bond donors (Lipinski definition) is 2. The zero-order chi connectivity index (χ0) is 14.4. The van der Waals surface area contributed by atoms with Crippen LogP contribution in [-0.2, 0) is 6.42 Å². The van der Waals surface area contributed by atoms with E-state index in [0.717, 1.165) is 12.8 Å². The molecule has 0 amide bonds. The van der Waals surface area contributed by atoms with Gasteiger partial charge in [0, 0.05) is 6.20 Å². The van der Waals surface area contributed by atoms with E-state index in [1.165, 1.54) is 11.8 Å². The summed E-state index contributed by atoms with van der Waals surface area (Å²) in [6.07, 6.45) is 5.25. The number of oxime groups is 1. The van der Waals surface area contributed by atoms with Crippen molar-refractivity contribution in [2.24, 2.45) is 10.9 Å². The number of pyridine rings is 1. The zero-order valence-corrected chi connectivity index (χ0v) is 11.3. The standard InChI is InChI=1S/C15H17N3O2/c1-2-3-11-4-6-12(7-5-11)20-14-10-17-9-8-13(14)15(16)18-19/h4-10,19H,2-3H2,1H3,(H2,16,18). The summed E-state index contributed by atoms with van der Waals surface area (Å²) in [7, 11) is 0. The van der Waals surface area contributed by atoms with E-state index in [1.807, 2.05) is 24.3 Å². The molecule has 5 heteroatoms. The molecule has 0 radical (unpaired) electrons. The van der Waals surface area contributed by atoms with Gasteiger partial charge in [0.05, 0.1) is 11.8 Å². The lowest BCUT2D eigenvalue weighted by Crippen LogP contribution is -2.14. The number of rotatable bonds is 5. The van der Waals surface area contributed by atoms with Crippen LogP contribution in [0.2, 0.25) is 0 Å². The molecule has 1 aromatic heterocycles. The van der Waals surface area contributed by atoms with Gasteiger partial charge in [-0.1, -0.05) is 30.6 Å². The number of amidine groups is 1. The van der Waals surface area contributed by atoms with Crippen molar-refractivity contribution in [3.8, 4) is 11.5 Å². The molecule has 0 aliphatic heterocycles. The SMILES string of the molecule is CCCc1ccc(Oc2cnccc2/C(N)=N/O)cc1. The number of hydrogen-bond acceptors (Lipinski definition) is 4. The molecule has 0 saturated heterocycles. The number of nitrogens with two attached hydrogens (primary N) is 1. The van der Waals surface area contributed by atoms with Gasteiger partial charge in [-0.05, 0) is 30.2 Å². The van der Waals surface area contributed by atoms with Crippen LogP contribution in [0.15, 0.2) is 47.9 Å². The lowest BCUT2D eigenvalue weighted by atomic mass is 10.1. The van der Waals surface area contributed by atoms with Crippen molar-refractivity contribution >= 4 is 5.84 Å². The molecule has 2 rings (SSSR count). The highest BCUT2D eigenvalue weighted by atomic mass is 16.5. The number of nitrogens with zero attached hydrogens (tertiary/aromatic N) is 2. The summed E-state index contributed by atoms with van der Waals surface area (Å²) in [6, 6.07) is 9.48. The molecular formula is C15H17N3O2. The van der Waals surface area contributed by atoms with E-state index in [4.69, 9.17) is 15.7 Å². The second-order valence-corrected chi connectivity index (χ2v) is 4.35. The fourth-order valence-electron chi connectivity index (χ4n) is 1.87. The van der Waals surface area contributed by atoms with E-state index in [0.29, 0.717) is 17.1 Å². The molecule has 0 saturated carbocycles. The van der Waals surface area contributed by atoms with Crippen molar-refractivity contribution < 1.29 is 9.94 Å². The number of aromatic nitrogens is 1. The van der Waals surface area contributed by atoms with Crippen LogP contribution in [0.3, 0.4) is 0 Å². The summed E-state index contributed by atoms with van der Waals surface area (Å²) in [6.45, 7) is 2.14. The first-order chi connectivity index (χ1) is 9.74. The van der Waals surface area contributed by atoms with Crippen LogP contribution in [0.5, 0.6) is 11.5 Å². The Bertz CT molecular complexity index is 594. The van der Waals surface area contributed by atoms with Gasteiger partial charge in [-0.15, -0.1) is 0 Å². The summed E-state index contributed by atoms with van der Waals surface area (Å²) in [5.41, 5.74) is 7.37. The molecule has 0 bridgehead atoms. The smallest absolute Gasteiger partial charge is 0.173 e. The minimum Gasteiger partial charge on any atom is -0.455 e. The van der Waals surface area contributed by atoms with Crippen molar-refractivity contribution in [2.45, 2.75) is 19.8 Å². The van der Waals surface area contributed by atoms with Gasteiger partial charge in [0.2, 0.25) is 0 Å². The number of benzene rings is 1. The van der Waals surface area contributed by atoms with Gasteiger partial charge in [0.1, 0.15) is 5.75 Å². The van der Waals surface area contributed by atoms with Gasteiger partial charge in [-0.3, -0.25) is 4.98 Å². The Morgan fingerprint density at radius 3 is 2.70 bits per heavy atom. The van der Waals surface area contributed by atoms with Gasteiger partial charge in [-0.25, -0.2) is 0 Å². The molecule has 2 aromatic rings. The first-order valence-corrected chi connectivity index (χ1v) is 6.43.